The first-order valence-electron chi connectivity index (χ1n) is 6.24. The van der Waals surface area contributed by atoms with E-state index in [9.17, 15) is 14.0 Å². The highest BCUT2D eigenvalue weighted by molar-refractivity contribution is 5.94. The molecule has 0 aromatic heterocycles. The number of benzene rings is 1. The number of nitrogens with one attached hydrogen (secondary N) is 1. The van der Waals surface area contributed by atoms with Crippen molar-refractivity contribution in [2.45, 2.75) is 26.2 Å². The van der Waals surface area contributed by atoms with Crippen LogP contribution in [0.1, 0.15) is 36.5 Å². The van der Waals surface area contributed by atoms with Gasteiger partial charge in [-0.3, -0.25) is 9.59 Å². The van der Waals surface area contributed by atoms with E-state index >= 15 is 0 Å². The average molecular weight is 267 g/mol. The quantitative estimate of drug-likeness (QED) is 0.797. The van der Waals surface area contributed by atoms with E-state index < -0.39 is 11.8 Å². The molecule has 0 heterocycles. The molecule has 0 saturated heterocycles. The van der Waals surface area contributed by atoms with E-state index in [2.05, 4.69) is 5.32 Å². The molecule has 0 saturated carbocycles. The Morgan fingerprint density at radius 3 is 2.74 bits per heavy atom. The van der Waals surface area contributed by atoms with E-state index in [0.717, 1.165) is 0 Å². The number of aliphatic carboxylic acids is 1. The van der Waals surface area contributed by atoms with E-state index in [-0.39, 0.29) is 23.8 Å². The fraction of sp³-hybridized carbons (Fsp3) is 0.429. The Labute approximate surface area is 111 Å². The molecule has 0 aliphatic rings. The maximum Gasteiger partial charge on any atom is 0.303 e. The van der Waals surface area contributed by atoms with Crippen LogP contribution in [0.4, 0.5) is 4.39 Å². The second-order valence-corrected chi connectivity index (χ2v) is 4.59. The predicted octanol–water partition coefficient (Wildman–Crippen LogP) is 2.45. The lowest BCUT2D eigenvalue weighted by Crippen LogP contribution is -2.25. The normalized spacial score (nSPS) is 11.9. The molecule has 0 spiro atoms. The predicted molar refractivity (Wildman–Crippen MR) is 69.4 cm³/mol. The summed E-state index contributed by atoms with van der Waals surface area (Å²) >= 11 is 0. The molecule has 19 heavy (non-hydrogen) atoms. The topological polar surface area (TPSA) is 66.4 Å². The van der Waals surface area contributed by atoms with Crippen LogP contribution in [-0.4, -0.2) is 23.5 Å². The van der Waals surface area contributed by atoms with Crippen molar-refractivity contribution in [2.75, 3.05) is 6.54 Å². The van der Waals surface area contributed by atoms with Gasteiger partial charge in [-0.15, -0.1) is 0 Å². The number of carboxylic acid groups (broad SMARTS) is 1. The van der Waals surface area contributed by atoms with Gasteiger partial charge in [-0.2, -0.15) is 0 Å². The summed E-state index contributed by atoms with van der Waals surface area (Å²) in [6.07, 6.45) is 1.43. The molecule has 0 aliphatic carbocycles. The van der Waals surface area contributed by atoms with Crippen molar-refractivity contribution in [3.8, 4) is 0 Å². The number of hydrogen-bond acceptors (Lipinski definition) is 2. The number of carbonyl (C=O) groups is 2. The second kappa shape index (κ2) is 7.51. The molecular weight excluding hydrogens is 249 g/mol. The van der Waals surface area contributed by atoms with Crippen LogP contribution in [0.25, 0.3) is 0 Å². The number of hydrogen-bond donors (Lipinski definition) is 2. The zero-order chi connectivity index (χ0) is 14.3. The van der Waals surface area contributed by atoms with Crippen LogP contribution in [0.2, 0.25) is 0 Å². The summed E-state index contributed by atoms with van der Waals surface area (Å²) < 4.78 is 12.9. The SMILES string of the molecule is CC(CCNC(=O)c1cccc(F)c1)CCC(=O)O. The molecule has 1 rings (SSSR count). The number of halogens is 1. The molecule has 5 heteroatoms. The lowest BCUT2D eigenvalue weighted by atomic mass is 10.0. The number of rotatable bonds is 7. The summed E-state index contributed by atoms with van der Waals surface area (Å²) in [5.74, 6) is -1.34. The van der Waals surface area contributed by atoms with E-state index in [0.29, 0.717) is 19.4 Å². The highest BCUT2D eigenvalue weighted by Gasteiger charge is 2.08. The van der Waals surface area contributed by atoms with Gasteiger partial charge in [-0.05, 0) is 37.0 Å². The molecule has 1 unspecified atom stereocenters. The van der Waals surface area contributed by atoms with Crippen molar-refractivity contribution in [3.05, 3.63) is 35.6 Å². The summed E-state index contributed by atoms with van der Waals surface area (Å²) in [4.78, 5) is 22.1. The van der Waals surface area contributed by atoms with Gasteiger partial charge in [0.05, 0.1) is 0 Å². The van der Waals surface area contributed by atoms with Gasteiger partial charge in [-0.25, -0.2) is 4.39 Å². The third kappa shape index (κ3) is 5.99. The zero-order valence-electron chi connectivity index (χ0n) is 10.9. The number of amides is 1. The summed E-state index contributed by atoms with van der Waals surface area (Å²) in [7, 11) is 0. The Morgan fingerprint density at radius 1 is 1.37 bits per heavy atom. The van der Waals surface area contributed by atoms with Crippen LogP contribution in [0.5, 0.6) is 0 Å². The average Bonchev–Trinajstić information content (AvgIpc) is 2.36. The Kier molecular flexibility index (Phi) is 5.99. The van der Waals surface area contributed by atoms with Gasteiger partial charge in [0.1, 0.15) is 5.82 Å². The molecule has 2 N–H and O–H groups in total. The highest BCUT2D eigenvalue weighted by atomic mass is 19.1. The van der Waals surface area contributed by atoms with E-state index in [1.807, 2.05) is 6.92 Å². The third-order valence-corrected chi connectivity index (χ3v) is 2.86. The molecule has 4 nitrogen and oxygen atoms in total. The first-order valence-corrected chi connectivity index (χ1v) is 6.24. The maximum absolute atomic E-state index is 12.9. The standard InChI is InChI=1S/C14H18FNO3/c1-10(5-6-13(17)18)7-8-16-14(19)11-3-2-4-12(15)9-11/h2-4,9-10H,5-8H2,1H3,(H,16,19)(H,17,18). The van der Waals surface area contributed by atoms with Crippen LogP contribution in [0, 0.1) is 11.7 Å². The first kappa shape index (κ1) is 15.1. The lowest BCUT2D eigenvalue weighted by molar-refractivity contribution is -0.137. The van der Waals surface area contributed by atoms with E-state index in [1.165, 1.54) is 18.2 Å². The summed E-state index contributed by atoms with van der Waals surface area (Å²) in [5, 5.41) is 11.2. The molecule has 0 aliphatic heterocycles. The number of carbonyl (C=O) groups excluding carboxylic acids is 1. The largest absolute Gasteiger partial charge is 0.481 e. The van der Waals surface area contributed by atoms with Gasteiger partial charge in [0.2, 0.25) is 0 Å². The van der Waals surface area contributed by atoms with Crippen molar-refractivity contribution < 1.29 is 19.1 Å². The van der Waals surface area contributed by atoms with Crippen molar-refractivity contribution in [2.24, 2.45) is 5.92 Å². The van der Waals surface area contributed by atoms with Crippen molar-refractivity contribution in [1.82, 2.24) is 5.32 Å². The fourth-order valence-corrected chi connectivity index (χ4v) is 1.68. The monoisotopic (exact) mass is 267 g/mol. The van der Waals surface area contributed by atoms with Gasteiger partial charge in [0.25, 0.3) is 5.91 Å². The van der Waals surface area contributed by atoms with Gasteiger partial charge in [0, 0.05) is 18.5 Å². The molecule has 0 bridgehead atoms. The molecule has 0 radical (unpaired) electrons. The van der Waals surface area contributed by atoms with Crippen LogP contribution < -0.4 is 5.32 Å². The molecule has 1 atom stereocenters. The van der Waals surface area contributed by atoms with Gasteiger partial charge in [0.15, 0.2) is 0 Å². The van der Waals surface area contributed by atoms with Crippen LogP contribution >= 0.6 is 0 Å². The molecule has 1 amide bonds. The minimum Gasteiger partial charge on any atom is -0.481 e. The van der Waals surface area contributed by atoms with Crippen molar-refractivity contribution >= 4 is 11.9 Å². The van der Waals surface area contributed by atoms with Gasteiger partial charge >= 0.3 is 5.97 Å². The van der Waals surface area contributed by atoms with E-state index in [1.54, 1.807) is 6.07 Å². The van der Waals surface area contributed by atoms with Crippen molar-refractivity contribution in [3.63, 3.8) is 0 Å². The Hall–Kier alpha value is -1.91. The summed E-state index contributed by atoms with van der Waals surface area (Å²) in [6, 6.07) is 5.50. The second-order valence-electron chi connectivity index (χ2n) is 4.59. The zero-order valence-corrected chi connectivity index (χ0v) is 10.9. The molecule has 0 fully saturated rings. The lowest BCUT2D eigenvalue weighted by Gasteiger charge is -2.10. The van der Waals surface area contributed by atoms with Crippen molar-refractivity contribution in [1.29, 1.82) is 0 Å². The molecule has 1 aromatic carbocycles. The maximum atomic E-state index is 12.9. The van der Waals surface area contributed by atoms with Gasteiger partial charge in [-0.1, -0.05) is 13.0 Å². The Balaban J connectivity index is 2.29. The minimum absolute atomic E-state index is 0.138. The Morgan fingerprint density at radius 2 is 2.11 bits per heavy atom. The first-order chi connectivity index (χ1) is 8.99. The molecular formula is C14H18FNO3. The Bertz CT molecular complexity index is 448. The minimum atomic E-state index is -0.810. The summed E-state index contributed by atoms with van der Waals surface area (Å²) in [6.45, 7) is 2.40. The molecule has 1 aromatic rings. The number of carboxylic acids is 1. The van der Waals surface area contributed by atoms with Gasteiger partial charge < -0.3 is 10.4 Å². The summed E-state index contributed by atoms with van der Waals surface area (Å²) in [5.41, 5.74) is 0.290. The fourth-order valence-electron chi connectivity index (χ4n) is 1.68. The van der Waals surface area contributed by atoms with Crippen LogP contribution in [-0.2, 0) is 4.79 Å². The highest BCUT2D eigenvalue weighted by Crippen LogP contribution is 2.09. The van der Waals surface area contributed by atoms with Crippen LogP contribution in [0.3, 0.4) is 0 Å². The van der Waals surface area contributed by atoms with E-state index in [4.69, 9.17) is 5.11 Å². The third-order valence-electron chi connectivity index (χ3n) is 2.86. The smallest absolute Gasteiger partial charge is 0.303 e. The van der Waals surface area contributed by atoms with Crippen LogP contribution in [0.15, 0.2) is 24.3 Å². The molecule has 104 valence electrons.